The Labute approximate surface area is 463 Å². The molecule has 0 fully saturated rings. The molecule has 0 saturated heterocycles. The summed E-state index contributed by atoms with van der Waals surface area (Å²) >= 11 is 0. The Bertz CT molecular complexity index is 1560. The van der Waals surface area contributed by atoms with Crippen molar-refractivity contribution in [1.29, 1.82) is 0 Å². The number of hydrogen-bond donors (Lipinski definition) is 1. The summed E-state index contributed by atoms with van der Waals surface area (Å²) in [5, 5.41) is 3.02. The van der Waals surface area contributed by atoms with Gasteiger partial charge in [0.05, 0.1) is 33.8 Å². The first-order chi connectivity index (χ1) is 36.4. The first-order valence-electron chi connectivity index (χ1n) is 30.9. The number of carbonyl (C=O) groups is 2. The molecule has 434 valence electrons. The van der Waals surface area contributed by atoms with Gasteiger partial charge in [-0.3, -0.25) is 14.2 Å². The molecule has 9 nitrogen and oxygen atoms in total. The van der Waals surface area contributed by atoms with Crippen molar-refractivity contribution in [2.24, 2.45) is 0 Å². The maximum atomic E-state index is 13.5. The highest BCUT2D eigenvalue weighted by Gasteiger charge is 2.27. The normalized spacial score (nSPS) is 14.3. The van der Waals surface area contributed by atoms with E-state index >= 15 is 0 Å². The van der Waals surface area contributed by atoms with Crippen LogP contribution in [0.3, 0.4) is 0 Å². The lowest BCUT2D eigenvalue weighted by molar-refractivity contribution is -0.870. The number of unbranched alkanes of at least 4 members (excludes halogenated alkanes) is 27. The lowest BCUT2D eigenvalue weighted by Gasteiger charge is -2.30. The van der Waals surface area contributed by atoms with Gasteiger partial charge in [0.1, 0.15) is 19.3 Å². The molecule has 3 unspecified atom stereocenters. The summed E-state index contributed by atoms with van der Waals surface area (Å²) in [6.45, 7) is 6.69. The summed E-state index contributed by atoms with van der Waals surface area (Å²) in [7, 11) is 1.16. The van der Waals surface area contributed by atoms with Crippen LogP contribution in [0.4, 0.5) is 0 Å². The molecule has 10 heteroatoms. The minimum absolute atomic E-state index is 0.0297. The van der Waals surface area contributed by atoms with Gasteiger partial charge in [0.2, 0.25) is 5.91 Å². The molecule has 0 aromatic rings. The van der Waals surface area contributed by atoms with Crippen molar-refractivity contribution in [3.05, 3.63) is 85.1 Å². The molecule has 0 spiro atoms. The number of amides is 1. The van der Waals surface area contributed by atoms with Crippen LogP contribution in [0.1, 0.15) is 265 Å². The van der Waals surface area contributed by atoms with Gasteiger partial charge in [0, 0.05) is 12.8 Å². The maximum absolute atomic E-state index is 13.5. The van der Waals surface area contributed by atoms with E-state index in [1.807, 2.05) is 33.3 Å². The lowest BCUT2D eigenvalue weighted by Crippen LogP contribution is -2.47. The van der Waals surface area contributed by atoms with Crippen molar-refractivity contribution in [2.45, 2.75) is 277 Å². The molecule has 0 rings (SSSR count). The molecule has 0 bridgehead atoms. The molecule has 0 saturated carbocycles. The van der Waals surface area contributed by atoms with E-state index in [-0.39, 0.29) is 24.9 Å². The number of phosphoric acid groups is 1. The monoisotopic (exact) mass is 1070 g/mol. The van der Waals surface area contributed by atoms with Crippen molar-refractivity contribution in [3.63, 3.8) is 0 Å². The highest BCUT2D eigenvalue weighted by Crippen LogP contribution is 2.38. The molecule has 0 aliphatic carbocycles. The molecule has 75 heavy (non-hydrogen) atoms. The fraction of sp³-hybridized carbons (Fsp3) is 0.754. The quantitative estimate of drug-likeness (QED) is 0.0212. The van der Waals surface area contributed by atoms with E-state index in [2.05, 4.69) is 99.0 Å². The van der Waals surface area contributed by atoms with Crippen molar-refractivity contribution in [2.75, 3.05) is 40.9 Å². The average Bonchev–Trinajstić information content (AvgIpc) is 3.37. The van der Waals surface area contributed by atoms with Gasteiger partial charge in [-0.15, -0.1) is 0 Å². The Balaban J connectivity index is 5.28. The second-order valence-corrected chi connectivity index (χ2v) is 23.2. The summed E-state index contributed by atoms with van der Waals surface area (Å²) < 4.78 is 30.3. The molecule has 3 atom stereocenters. The molecule has 1 N–H and O–H groups in total. The van der Waals surface area contributed by atoms with Gasteiger partial charge in [-0.2, -0.15) is 0 Å². The number of nitrogens with one attached hydrogen (secondary N) is 1. The summed E-state index contributed by atoms with van der Waals surface area (Å²) in [4.78, 5) is 40.0. The van der Waals surface area contributed by atoms with Crippen LogP contribution in [0.5, 0.6) is 0 Å². The number of carbonyl (C=O) groups excluding carboxylic acids is 2. The Kier molecular flexibility index (Phi) is 52.5. The van der Waals surface area contributed by atoms with Crippen LogP contribution in [-0.4, -0.2) is 69.4 Å². The van der Waals surface area contributed by atoms with Gasteiger partial charge in [-0.25, -0.2) is 0 Å². The minimum Gasteiger partial charge on any atom is -0.756 e. The maximum Gasteiger partial charge on any atom is 0.306 e. The summed E-state index contributed by atoms with van der Waals surface area (Å²) in [5.74, 6) is -0.565. The summed E-state index contributed by atoms with van der Waals surface area (Å²) in [5.41, 5.74) is 0. The number of allylic oxidation sites excluding steroid dienone is 13. The standard InChI is InChI=1S/C65H117N2O7P/c1-7-10-13-16-19-22-25-28-30-32-33-34-35-36-38-40-43-46-49-52-55-58-65(69)74-63(56-53-50-47-44-41-27-24-21-18-15-12-9-3)62(61-73-75(70,71)72-60-59-67(4,5)6)66-64(68)57-54-51-48-45-42-39-37-31-29-26-23-20-17-14-11-8-2/h11,14,19-20,22-23,28-31,33-34,53,56,62-63H,7-10,12-13,15-18,21,24-27,32,35-52,54-55,57-61H2,1-6H3,(H-,66,68,70,71)/b14-11+,22-19-,23-20+,30-28-,31-29+,34-33-,56-53+. The predicted molar refractivity (Wildman–Crippen MR) is 321 cm³/mol. The highest BCUT2D eigenvalue weighted by atomic mass is 31.2. The number of esters is 1. The van der Waals surface area contributed by atoms with Crippen LogP contribution < -0.4 is 10.2 Å². The fourth-order valence-corrected chi connectivity index (χ4v) is 9.27. The number of hydrogen-bond acceptors (Lipinski definition) is 7. The van der Waals surface area contributed by atoms with Gasteiger partial charge >= 0.3 is 5.97 Å². The van der Waals surface area contributed by atoms with E-state index in [9.17, 15) is 19.0 Å². The van der Waals surface area contributed by atoms with Crippen LogP contribution in [0.25, 0.3) is 0 Å². The van der Waals surface area contributed by atoms with E-state index < -0.39 is 26.6 Å². The highest BCUT2D eigenvalue weighted by molar-refractivity contribution is 7.45. The molecular formula is C65H117N2O7P. The van der Waals surface area contributed by atoms with E-state index in [1.165, 1.54) is 103 Å². The van der Waals surface area contributed by atoms with Crippen LogP contribution >= 0.6 is 7.82 Å². The van der Waals surface area contributed by atoms with Gasteiger partial charge in [0.15, 0.2) is 0 Å². The number of rotatable bonds is 55. The summed E-state index contributed by atoms with van der Waals surface area (Å²) in [6, 6.07) is -0.902. The molecular weight excluding hydrogens is 952 g/mol. The minimum atomic E-state index is -4.71. The van der Waals surface area contributed by atoms with Gasteiger partial charge in [0.25, 0.3) is 7.82 Å². The molecule has 0 aromatic heterocycles. The number of likely N-dealkylation sites (N-methyl/N-ethyl adjacent to an activating group) is 1. The number of phosphoric ester groups is 1. The fourth-order valence-electron chi connectivity index (χ4n) is 8.54. The van der Waals surface area contributed by atoms with Gasteiger partial charge < -0.3 is 28.5 Å². The Morgan fingerprint density at radius 2 is 0.853 bits per heavy atom. The zero-order valence-electron chi connectivity index (χ0n) is 49.5. The van der Waals surface area contributed by atoms with Crippen molar-refractivity contribution < 1.29 is 37.3 Å². The van der Waals surface area contributed by atoms with Crippen molar-refractivity contribution in [1.82, 2.24) is 5.32 Å². The smallest absolute Gasteiger partial charge is 0.306 e. The SMILES string of the molecule is CC/C=C/C/C=C/C/C=C/CCCCCCCCC(=O)NC(COP(=O)([O-])OCC[N+](C)(C)C)C(/C=C/CCCCCCCCCCCC)OC(=O)CCCCCCCCCC/C=C\C/C=C\C/C=C\CCCCC. The van der Waals surface area contributed by atoms with Crippen LogP contribution in [0, 0.1) is 0 Å². The lowest BCUT2D eigenvalue weighted by atomic mass is 10.0. The van der Waals surface area contributed by atoms with E-state index in [4.69, 9.17) is 13.8 Å². The second kappa shape index (κ2) is 54.5. The molecule has 0 aliphatic rings. The van der Waals surface area contributed by atoms with Crippen LogP contribution in [0.15, 0.2) is 85.1 Å². The third kappa shape index (κ3) is 55.7. The van der Waals surface area contributed by atoms with Crippen molar-refractivity contribution in [3.8, 4) is 0 Å². The second-order valence-electron chi connectivity index (χ2n) is 21.8. The largest absolute Gasteiger partial charge is 0.756 e. The zero-order valence-corrected chi connectivity index (χ0v) is 50.4. The number of ether oxygens (including phenoxy) is 1. The third-order valence-corrected chi connectivity index (χ3v) is 14.3. The van der Waals surface area contributed by atoms with Crippen LogP contribution in [-0.2, 0) is 27.9 Å². The summed E-state index contributed by atoms with van der Waals surface area (Å²) in [6.07, 6.45) is 71.1. The molecule has 0 aliphatic heterocycles. The third-order valence-electron chi connectivity index (χ3n) is 13.3. The van der Waals surface area contributed by atoms with Gasteiger partial charge in [-0.1, -0.05) is 235 Å². The van der Waals surface area contributed by atoms with Gasteiger partial charge in [-0.05, 0) is 102 Å². The van der Waals surface area contributed by atoms with E-state index in [0.717, 1.165) is 128 Å². The molecule has 0 aromatic carbocycles. The zero-order chi connectivity index (χ0) is 55.0. The first-order valence-corrected chi connectivity index (χ1v) is 32.4. The predicted octanol–water partition coefficient (Wildman–Crippen LogP) is 18.4. The Morgan fingerprint density at radius 1 is 0.480 bits per heavy atom. The molecule has 1 amide bonds. The Morgan fingerprint density at radius 3 is 1.31 bits per heavy atom. The van der Waals surface area contributed by atoms with E-state index in [1.54, 1.807) is 0 Å². The molecule has 0 radical (unpaired) electrons. The molecule has 0 heterocycles. The van der Waals surface area contributed by atoms with Crippen LogP contribution in [0.2, 0.25) is 0 Å². The van der Waals surface area contributed by atoms with Crippen molar-refractivity contribution >= 4 is 19.7 Å². The first kappa shape index (κ1) is 72.2. The average molecular weight is 1070 g/mol. The van der Waals surface area contributed by atoms with E-state index in [0.29, 0.717) is 17.4 Å². The number of nitrogens with zero attached hydrogens (tertiary/aromatic N) is 1. The topological polar surface area (TPSA) is 114 Å². The Hall–Kier alpha value is -2.81. The number of quaternary nitrogens is 1.